The van der Waals surface area contributed by atoms with E-state index < -0.39 is 8.07 Å². The lowest BCUT2D eigenvalue weighted by atomic mass is 10.3. The van der Waals surface area contributed by atoms with Crippen molar-refractivity contribution >= 4 is 13.3 Å². The third kappa shape index (κ3) is 2.58. The summed E-state index contributed by atoms with van der Waals surface area (Å²) in [6.07, 6.45) is 1.47. The normalized spacial score (nSPS) is 12.6. The van der Waals surface area contributed by atoms with Crippen LogP contribution in [0.25, 0.3) is 5.69 Å². The lowest BCUT2D eigenvalue weighted by molar-refractivity contribution is -0.669. The van der Waals surface area contributed by atoms with E-state index in [2.05, 4.69) is 65.0 Å². The number of hydrogen-bond donors (Lipinski definition) is 1. The molecule has 1 N–H and O–H groups in total. The van der Waals surface area contributed by atoms with Gasteiger partial charge in [-0.3, -0.25) is 4.52 Å². The Kier molecular flexibility index (Phi) is 4.75. The Balaban J connectivity index is 2.76. The first kappa shape index (κ1) is 16.7. The molecule has 0 spiro atoms. The molecule has 0 saturated carbocycles. The van der Waals surface area contributed by atoms with Gasteiger partial charge in [-0.1, -0.05) is 59.7 Å². The van der Waals surface area contributed by atoms with Crippen molar-refractivity contribution in [1.29, 1.82) is 0 Å². The number of H-pyrrole nitrogens is 1. The highest BCUT2D eigenvalue weighted by Crippen LogP contribution is 2.41. The van der Waals surface area contributed by atoms with E-state index >= 15 is 0 Å². The zero-order chi connectivity index (χ0) is 16.5. The molecule has 0 bridgehead atoms. The number of rotatable bonds is 5. The second kappa shape index (κ2) is 6.24. The van der Waals surface area contributed by atoms with Gasteiger partial charge in [-0.2, -0.15) is 0 Å². The predicted molar refractivity (Wildman–Crippen MR) is 91.5 cm³/mol. The van der Waals surface area contributed by atoms with Crippen LogP contribution in [0.1, 0.15) is 41.5 Å². The summed E-state index contributed by atoms with van der Waals surface area (Å²) in [5, 5.41) is 4.09. The van der Waals surface area contributed by atoms with Gasteiger partial charge in [0.1, 0.15) is 8.07 Å². The minimum Gasteiger partial charge on any atom is -0.283 e. The molecule has 22 heavy (non-hydrogen) atoms. The number of para-hydroxylation sites is 1. The van der Waals surface area contributed by atoms with E-state index in [0.717, 1.165) is 5.69 Å². The summed E-state index contributed by atoms with van der Waals surface area (Å²) in [4.78, 5) is 11.4. The average molecular weight is 320 g/mol. The second-order valence-electron chi connectivity index (χ2n) is 6.93. The minimum atomic E-state index is -1.81. The molecule has 1 aromatic heterocycles. The molecule has 0 radical (unpaired) electrons. The Morgan fingerprint density at radius 1 is 1.00 bits per heavy atom. The Morgan fingerprint density at radius 3 is 2.00 bits per heavy atom. The lowest BCUT2D eigenvalue weighted by Gasteiger charge is -2.43. The van der Waals surface area contributed by atoms with Gasteiger partial charge >= 0.3 is 5.63 Å². The summed E-state index contributed by atoms with van der Waals surface area (Å²) >= 11 is 0. The molecular weight excluding hydrogens is 292 g/mol. The van der Waals surface area contributed by atoms with Gasteiger partial charge in [0.2, 0.25) is 5.69 Å². The largest absolute Gasteiger partial charge is 0.427 e. The Bertz CT molecular complexity index is 664. The van der Waals surface area contributed by atoms with Crippen LogP contribution in [0.2, 0.25) is 16.6 Å². The molecule has 0 aliphatic carbocycles. The summed E-state index contributed by atoms with van der Waals surface area (Å²) in [5.74, 6) is 0. The molecule has 1 aromatic carbocycles. The quantitative estimate of drug-likeness (QED) is 0.680. The van der Waals surface area contributed by atoms with Crippen molar-refractivity contribution in [3.8, 4) is 5.69 Å². The summed E-state index contributed by atoms with van der Waals surface area (Å²) in [6.45, 7) is 14.0. The highest BCUT2D eigenvalue weighted by Gasteiger charge is 2.47. The molecule has 2 rings (SSSR count). The van der Waals surface area contributed by atoms with Crippen LogP contribution in [0.3, 0.4) is 0 Å². The first-order chi connectivity index (χ1) is 10.3. The smallest absolute Gasteiger partial charge is 0.283 e. The van der Waals surface area contributed by atoms with Crippen LogP contribution in [-0.4, -0.2) is 13.3 Å². The van der Waals surface area contributed by atoms with Crippen LogP contribution >= 0.6 is 0 Å². The summed E-state index contributed by atoms with van der Waals surface area (Å²) in [6, 6.07) is 8.42. The first-order valence-corrected chi connectivity index (χ1v) is 10.2. The molecule has 0 aliphatic rings. The van der Waals surface area contributed by atoms with Crippen LogP contribution < -0.4 is 15.5 Å². The SMILES string of the molecule is CC(C)[Si](c1ccccc1-[n+]1cc(=O)o[nH]1)(C(C)C)C(C)C. The van der Waals surface area contributed by atoms with Gasteiger partial charge in [-0.25, -0.2) is 4.79 Å². The van der Waals surface area contributed by atoms with E-state index in [4.69, 9.17) is 4.52 Å². The van der Waals surface area contributed by atoms with Crippen molar-refractivity contribution in [2.45, 2.75) is 58.2 Å². The van der Waals surface area contributed by atoms with Gasteiger partial charge in [0.15, 0.2) is 0 Å². The summed E-state index contributed by atoms with van der Waals surface area (Å²) in [7, 11) is -1.81. The number of aromatic nitrogens is 2. The summed E-state index contributed by atoms with van der Waals surface area (Å²) < 4.78 is 6.58. The van der Waals surface area contributed by atoms with Crippen molar-refractivity contribution < 1.29 is 9.20 Å². The molecule has 0 saturated heterocycles. The molecule has 2 aromatic rings. The van der Waals surface area contributed by atoms with Crippen LogP contribution in [0, 0.1) is 0 Å². The van der Waals surface area contributed by atoms with Crippen LogP contribution in [0.15, 0.2) is 39.8 Å². The van der Waals surface area contributed by atoms with E-state index in [1.807, 2.05) is 6.07 Å². The molecule has 0 fully saturated rings. The zero-order valence-electron chi connectivity index (χ0n) is 14.4. The number of nitrogens with one attached hydrogen (secondary N) is 1. The van der Waals surface area contributed by atoms with Crippen LogP contribution in [0.4, 0.5) is 0 Å². The number of hydrogen-bond acceptors (Lipinski definition) is 2. The first-order valence-electron chi connectivity index (χ1n) is 8.01. The van der Waals surface area contributed by atoms with Crippen molar-refractivity contribution in [3.63, 3.8) is 0 Å². The van der Waals surface area contributed by atoms with Gasteiger partial charge in [-0.15, -0.1) is 0 Å². The Labute approximate surface area is 133 Å². The van der Waals surface area contributed by atoms with Crippen molar-refractivity contribution in [3.05, 3.63) is 40.9 Å². The van der Waals surface area contributed by atoms with Crippen molar-refractivity contribution in [2.24, 2.45) is 0 Å². The van der Waals surface area contributed by atoms with E-state index in [1.165, 1.54) is 11.4 Å². The van der Waals surface area contributed by atoms with Gasteiger partial charge in [-0.05, 0) is 26.6 Å². The molecular formula is C17H27N2O2Si+. The zero-order valence-corrected chi connectivity index (χ0v) is 15.4. The Morgan fingerprint density at radius 2 is 1.55 bits per heavy atom. The molecule has 0 atom stereocenters. The maximum atomic E-state index is 11.4. The number of aromatic amines is 1. The molecule has 5 heteroatoms. The van der Waals surface area contributed by atoms with E-state index in [1.54, 1.807) is 4.68 Å². The fourth-order valence-electron chi connectivity index (χ4n) is 4.35. The third-order valence-corrected chi connectivity index (χ3v) is 12.1. The molecule has 1 heterocycles. The van der Waals surface area contributed by atoms with Gasteiger partial charge in [0.25, 0.3) is 6.20 Å². The Hall–Kier alpha value is -1.62. The molecule has 4 nitrogen and oxygen atoms in total. The monoisotopic (exact) mass is 319 g/mol. The maximum Gasteiger partial charge on any atom is 0.427 e. The summed E-state index contributed by atoms with van der Waals surface area (Å²) in [5.41, 5.74) is 2.49. The third-order valence-electron chi connectivity index (χ3n) is 4.98. The van der Waals surface area contributed by atoms with Crippen LogP contribution in [0.5, 0.6) is 0 Å². The van der Waals surface area contributed by atoms with E-state index in [0.29, 0.717) is 16.6 Å². The second-order valence-corrected chi connectivity index (χ2v) is 12.8. The maximum absolute atomic E-state index is 11.4. The van der Waals surface area contributed by atoms with Crippen LogP contribution in [-0.2, 0) is 0 Å². The van der Waals surface area contributed by atoms with Crippen molar-refractivity contribution in [1.82, 2.24) is 5.27 Å². The van der Waals surface area contributed by atoms with E-state index in [9.17, 15) is 4.79 Å². The minimum absolute atomic E-state index is 0.360. The standard InChI is InChI=1S/C17H26N2O2Si/c1-12(2)22(13(3)4,14(5)6)16-10-8-7-9-15(16)19-11-17(20)21-18-19/h7-14H,1-6H3/p+1. The molecule has 120 valence electrons. The highest BCUT2D eigenvalue weighted by molar-refractivity contribution is 6.95. The van der Waals surface area contributed by atoms with Gasteiger partial charge in [0, 0.05) is 11.3 Å². The average Bonchev–Trinajstić information content (AvgIpc) is 2.85. The molecule has 0 aliphatic heterocycles. The lowest BCUT2D eigenvalue weighted by Crippen LogP contribution is -2.59. The van der Waals surface area contributed by atoms with E-state index in [-0.39, 0.29) is 5.63 Å². The van der Waals surface area contributed by atoms with Crippen molar-refractivity contribution in [2.75, 3.05) is 0 Å². The number of nitrogens with zero attached hydrogens (tertiary/aromatic N) is 1. The number of benzene rings is 1. The topological polar surface area (TPSA) is 49.9 Å². The highest BCUT2D eigenvalue weighted by atomic mass is 28.3. The molecule has 0 unspecified atom stereocenters. The fraction of sp³-hybridized carbons (Fsp3) is 0.529. The van der Waals surface area contributed by atoms with Gasteiger partial charge in [0.05, 0.1) is 0 Å². The fourth-order valence-corrected chi connectivity index (χ4v) is 11.3. The van der Waals surface area contributed by atoms with Gasteiger partial charge < -0.3 is 0 Å². The molecule has 0 amide bonds. The predicted octanol–water partition coefficient (Wildman–Crippen LogP) is 3.13.